The SMILES string of the molecule is COc1ccc(Cl)cc1N=C1NC(=O)/C(=C/c2ccc(OCC#N)cc2)S1. The Hall–Kier alpha value is -2.95. The van der Waals surface area contributed by atoms with E-state index in [0.29, 0.717) is 32.3 Å². The largest absolute Gasteiger partial charge is 0.494 e. The molecule has 0 saturated carbocycles. The van der Waals surface area contributed by atoms with E-state index in [1.807, 2.05) is 18.2 Å². The van der Waals surface area contributed by atoms with Gasteiger partial charge in [-0.1, -0.05) is 23.7 Å². The number of nitrogens with zero attached hydrogens (tertiary/aromatic N) is 2. The van der Waals surface area contributed by atoms with Crippen LogP contribution in [0.4, 0.5) is 5.69 Å². The van der Waals surface area contributed by atoms with E-state index in [1.165, 1.54) is 11.8 Å². The molecule has 0 aliphatic carbocycles. The molecule has 136 valence electrons. The predicted molar refractivity (Wildman–Crippen MR) is 106 cm³/mol. The predicted octanol–water partition coefficient (Wildman–Crippen LogP) is 4.14. The van der Waals surface area contributed by atoms with E-state index in [1.54, 1.807) is 43.5 Å². The van der Waals surface area contributed by atoms with Crippen LogP contribution in [-0.4, -0.2) is 24.8 Å². The van der Waals surface area contributed by atoms with Gasteiger partial charge < -0.3 is 14.8 Å². The maximum absolute atomic E-state index is 12.2. The van der Waals surface area contributed by atoms with Crippen molar-refractivity contribution in [1.82, 2.24) is 5.32 Å². The highest BCUT2D eigenvalue weighted by Crippen LogP contribution is 2.34. The van der Waals surface area contributed by atoms with Crippen LogP contribution in [0.3, 0.4) is 0 Å². The standard InChI is InChI=1S/C19H14ClN3O3S/c1-25-16-7-4-13(20)11-15(16)22-19-23-18(24)17(27-19)10-12-2-5-14(6-3-12)26-9-8-21/h2-7,10-11H,9H2,1H3,(H,22,23,24)/b17-10-. The van der Waals surface area contributed by atoms with Gasteiger partial charge in [0.1, 0.15) is 23.3 Å². The van der Waals surface area contributed by atoms with Crippen molar-refractivity contribution < 1.29 is 14.3 Å². The zero-order chi connectivity index (χ0) is 19.2. The number of carbonyl (C=O) groups is 1. The molecule has 0 atom stereocenters. The normalized spacial score (nSPS) is 16.3. The number of aliphatic imine (C=N–C) groups is 1. The van der Waals surface area contributed by atoms with Gasteiger partial charge in [-0.2, -0.15) is 5.26 Å². The molecule has 2 aromatic rings. The second-order valence-corrected chi connectivity index (χ2v) is 6.78. The van der Waals surface area contributed by atoms with Crippen LogP contribution < -0.4 is 14.8 Å². The highest BCUT2D eigenvalue weighted by molar-refractivity contribution is 8.18. The molecule has 1 saturated heterocycles. The first-order valence-electron chi connectivity index (χ1n) is 7.82. The summed E-state index contributed by atoms with van der Waals surface area (Å²) < 4.78 is 10.5. The highest BCUT2D eigenvalue weighted by atomic mass is 35.5. The number of carbonyl (C=O) groups excluding carboxylic acids is 1. The second kappa shape index (κ2) is 8.62. The smallest absolute Gasteiger partial charge is 0.264 e. The number of amides is 1. The molecule has 1 amide bonds. The number of rotatable bonds is 5. The van der Waals surface area contributed by atoms with Crippen LogP contribution in [0.1, 0.15) is 5.56 Å². The summed E-state index contributed by atoms with van der Waals surface area (Å²) in [7, 11) is 1.54. The van der Waals surface area contributed by atoms with Crippen LogP contribution in [0.5, 0.6) is 11.5 Å². The first-order valence-corrected chi connectivity index (χ1v) is 9.01. The first kappa shape index (κ1) is 18.8. The average Bonchev–Trinajstić information content (AvgIpc) is 3.00. The number of thioether (sulfide) groups is 1. The number of amidine groups is 1. The third-order valence-electron chi connectivity index (χ3n) is 3.50. The zero-order valence-electron chi connectivity index (χ0n) is 14.2. The van der Waals surface area contributed by atoms with E-state index in [0.717, 1.165) is 5.56 Å². The summed E-state index contributed by atoms with van der Waals surface area (Å²) in [6.07, 6.45) is 1.76. The maximum atomic E-state index is 12.2. The molecule has 1 fully saturated rings. The zero-order valence-corrected chi connectivity index (χ0v) is 15.8. The molecule has 6 nitrogen and oxygen atoms in total. The third kappa shape index (κ3) is 4.82. The molecule has 27 heavy (non-hydrogen) atoms. The van der Waals surface area contributed by atoms with Gasteiger partial charge >= 0.3 is 0 Å². The van der Waals surface area contributed by atoms with E-state index in [9.17, 15) is 4.79 Å². The average molecular weight is 400 g/mol. The van der Waals surface area contributed by atoms with Crippen LogP contribution in [0.25, 0.3) is 6.08 Å². The summed E-state index contributed by atoms with van der Waals surface area (Å²) in [5.74, 6) is 0.925. The fourth-order valence-corrected chi connectivity index (χ4v) is 3.27. The van der Waals surface area contributed by atoms with Gasteiger partial charge in [0.2, 0.25) is 0 Å². The fourth-order valence-electron chi connectivity index (χ4n) is 2.27. The van der Waals surface area contributed by atoms with Gasteiger partial charge in [0.25, 0.3) is 5.91 Å². The lowest BCUT2D eigenvalue weighted by Gasteiger charge is -2.05. The van der Waals surface area contributed by atoms with Gasteiger partial charge in [-0.3, -0.25) is 4.79 Å². The fraction of sp³-hybridized carbons (Fsp3) is 0.105. The van der Waals surface area contributed by atoms with Gasteiger partial charge in [-0.25, -0.2) is 4.99 Å². The summed E-state index contributed by atoms with van der Waals surface area (Å²) in [5.41, 5.74) is 1.37. The van der Waals surface area contributed by atoms with E-state index in [4.69, 9.17) is 26.3 Å². The molecule has 1 heterocycles. The van der Waals surface area contributed by atoms with Crippen LogP contribution in [0.2, 0.25) is 5.02 Å². The minimum absolute atomic E-state index is 0.00845. The van der Waals surface area contributed by atoms with Crippen molar-refractivity contribution in [3.8, 4) is 17.6 Å². The summed E-state index contributed by atoms with van der Waals surface area (Å²) in [4.78, 5) is 17.2. The number of hydrogen-bond acceptors (Lipinski definition) is 6. The Balaban J connectivity index is 1.78. The monoisotopic (exact) mass is 399 g/mol. The topological polar surface area (TPSA) is 83.7 Å². The van der Waals surface area contributed by atoms with Crippen molar-refractivity contribution >= 4 is 46.2 Å². The summed E-state index contributed by atoms with van der Waals surface area (Å²) in [6, 6.07) is 14.1. The summed E-state index contributed by atoms with van der Waals surface area (Å²) in [6.45, 7) is -0.00845. The molecule has 0 unspecified atom stereocenters. The van der Waals surface area contributed by atoms with Crippen LogP contribution in [0, 0.1) is 11.3 Å². The molecule has 1 aliphatic rings. The molecule has 0 aromatic heterocycles. The number of ether oxygens (including phenoxy) is 2. The minimum atomic E-state index is -0.232. The number of halogens is 1. The van der Waals surface area contributed by atoms with Gasteiger partial charge in [-0.15, -0.1) is 0 Å². The summed E-state index contributed by atoms with van der Waals surface area (Å²) >= 11 is 7.24. The Bertz CT molecular complexity index is 965. The molecule has 1 N–H and O–H groups in total. The third-order valence-corrected chi connectivity index (χ3v) is 4.64. The number of nitrogens with one attached hydrogen (secondary N) is 1. The maximum Gasteiger partial charge on any atom is 0.264 e. The van der Waals surface area contributed by atoms with Crippen molar-refractivity contribution in [2.45, 2.75) is 0 Å². The Morgan fingerprint density at radius 2 is 2.07 bits per heavy atom. The Labute approximate surface area is 165 Å². The highest BCUT2D eigenvalue weighted by Gasteiger charge is 2.24. The van der Waals surface area contributed by atoms with Gasteiger partial charge in [0, 0.05) is 5.02 Å². The Morgan fingerprint density at radius 1 is 1.30 bits per heavy atom. The lowest BCUT2D eigenvalue weighted by Crippen LogP contribution is -2.19. The van der Waals surface area contributed by atoms with Crippen molar-refractivity contribution in [2.75, 3.05) is 13.7 Å². The number of hydrogen-bond donors (Lipinski definition) is 1. The lowest BCUT2D eigenvalue weighted by molar-refractivity contribution is -0.115. The van der Waals surface area contributed by atoms with Gasteiger partial charge in [-0.05, 0) is 53.7 Å². The van der Waals surface area contributed by atoms with Gasteiger partial charge in [0.05, 0.1) is 12.0 Å². The quantitative estimate of drug-likeness (QED) is 0.764. The number of benzene rings is 2. The Kier molecular flexibility index (Phi) is 6.01. The van der Waals surface area contributed by atoms with Gasteiger partial charge in [0.15, 0.2) is 11.8 Å². The Morgan fingerprint density at radius 3 is 2.78 bits per heavy atom. The van der Waals surface area contributed by atoms with E-state index in [2.05, 4.69) is 10.3 Å². The van der Waals surface area contributed by atoms with Crippen molar-refractivity contribution in [1.29, 1.82) is 5.26 Å². The molecule has 0 bridgehead atoms. The molecule has 0 spiro atoms. The van der Waals surface area contributed by atoms with Crippen LogP contribution in [0.15, 0.2) is 52.4 Å². The molecule has 3 rings (SSSR count). The molecular weight excluding hydrogens is 386 g/mol. The molecule has 8 heteroatoms. The molecule has 2 aromatic carbocycles. The second-order valence-electron chi connectivity index (χ2n) is 5.31. The van der Waals surface area contributed by atoms with E-state index < -0.39 is 0 Å². The minimum Gasteiger partial charge on any atom is -0.494 e. The molecule has 1 aliphatic heterocycles. The first-order chi connectivity index (χ1) is 13.1. The summed E-state index contributed by atoms with van der Waals surface area (Å²) in [5, 5.41) is 12.2. The van der Waals surface area contributed by atoms with Crippen LogP contribution >= 0.6 is 23.4 Å². The van der Waals surface area contributed by atoms with E-state index >= 15 is 0 Å². The van der Waals surface area contributed by atoms with Crippen molar-refractivity contribution in [3.63, 3.8) is 0 Å². The number of methoxy groups -OCH3 is 1. The van der Waals surface area contributed by atoms with E-state index in [-0.39, 0.29) is 12.5 Å². The molecule has 0 radical (unpaired) electrons. The number of nitriles is 1. The van der Waals surface area contributed by atoms with Crippen molar-refractivity contribution in [2.24, 2.45) is 4.99 Å². The van der Waals surface area contributed by atoms with Crippen LogP contribution in [-0.2, 0) is 4.79 Å². The lowest BCUT2D eigenvalue weighted by atomic mass is 10.2. The molecular formula is C19H14ClN3O3S. The van der Waals surface area contributed by atoms with Crippen molar-refractivity contribution in [3.05, 3.63) is 58.0 Å².